The third-order valence-corrected chi connectivity index (χ3v) is 3.42. The van der Waals surface area contributed by atoms with Crippen LogP contribution >= 0.6 is 11.3 Å². The first kappa shape index (κ1) is 11.4. The molecule has 0 saturated carbocycles. The van der Waals surface area contributed by atoms with E-state index in [1.807, 2.05) is 16.8 Å². The molecule has 0 aliphatic heterocycles. The quantitative estimate of drug-likeness (QED) is 0.851. The van der Waals surface area contributed by atoms with Crippen LogP contribution in [0.2, 0.25) is 0 Å². The molecule has 0 amide bonds. The van der Waals surface area contributed by atoms with Crippen molar-refractivity contribution in [3.63, 3.8) is 0 Å². The van der Waals surface area contributed by atoms with Gasteiger partial charge in [0.25, 0.3) is 0 Å². The van der Waals surface area contributed by atoms with E-state index in [0.29, 0.717) is 0 Å². The first-order valence-corrected chi connectivity index (χ1v) is 6.45. The Labute approximate surface area is 100 Å². The van der Waals surface area contributed by atoms with Crippen molar-refractivity contribution in [2.45, 2.75) is 25.9 Å². The van der Waals surface area contributed by atoms with E-state index in [-0.39, 0.29) is 6.10 Å². The van der Waals surface area contributed by atoms with Gasteiger partial charge in [0.2, 0.25) is 0 Å². The highest BCUT2D eigenvalue weighted by atomic mass is 32.1. The summed E-state index contributed by atoms with van der Waals surface area (Å²) in [6.45, 7) is 2.10. The normalized spacial score (nSPS) is 12.6. The fraction of sp³-hybridized carbons (Fsp3) is 0.286. The van der Waals surface area contributed by atoms with Crippen LogP contribution in [0, 0.1) is 6.92 Å². The molecule has 0 fully saturated rings. The Morgan fingerprint density at radius 2 is 2.19 bits per heavy atom. The van der Waals surface area contributed by atoms with E-state index in [9.17, 15) is 5.11 Å². The minimum atomic E-state index is -0.327. The third-order valence-electron chi connectivity index (χ3n) is 2.72. The van der Waals surface area contributed by atoms with E-state index >= 15 is 0 Å². The van der Waals surface area contributed by atoms with Crippen LogP contribution in [0.5, 0.6) is 0 Å². The van der Waals surface area contributed by atoms with Crippen molar-refractivity contribution in [1.29, 1.82) is 0 Å². The number of rotatable bonds is 4. The van der Waals surface area contributed by atoms with Crippen molar-refractivity contribution < 1.29 is 5.11 Å². The van der Waals surface area contributed by atoms with Crippen molar-refractivity contribution in [2.75, 3.05) is 0 Å². The number of aliphatic hydroxyl groups is 1. The van der Waals surface area contributed by atoms with Gasteiger partial charge in [-0.15, -0.1) is 0 Å². The molecular formula is C14H16OS. The van der Waals surface area contributed by atoms with Crippen LogP contribution in [0.15, 0.2) is 41.1 Å². The highest BCUT2D eigenvalue weighted by Gasteiger charge is 2.07. The van der Waals surface area contributed by atoms with E-state index in [1.54, 1.807) is 11.3 Å². The number of thiophene rings is 1. The molecule has 0 bridgehead atoms. The van der Waals surface area contributed by atoms with E-state index in [1.165, 1.54) is 11.1 Å². The second kappa shape index (κ2) is 5.28. The van der Waals surface area contributed by atoms with Crippen LogP contribution in [0.1, 0.15) is 29.2 Å². The number of benzene rings is 1. The third kappa shape index (κ3) is 2.94. The molecule has 1 aromatic carbocycles. The molecule has 1 heterocycles. The predicted octanol–water partition coefficient (Wildman–Crippen LogP) is 3.72. The Kier molecular flexibility index (Phi) is 3.75. The molecule has 84 valence electrons. The lowest BCUT2D eigenvalue weighted by atomic mass is 10.0. The molecule has 0 spiro atoms. The largest absolute Gasteiger partial charge is 0.388 e. The molecule has 1 N–H and O–H groups in total. The van der Waals surface area contributed by atoms with Gasteiger partial charge in [0.05, 0.1) is 6.10 Å². The highest BCUT2D eigenvalue weighted by molar-refractivity contribution is 7.07. The standard InChI is InChI=1S/C14H16OS/c1-11-3-2-4-12(9-11)5-6-14(15)13-7-8-16-10-13/h2-4,7-10,14-15H,5-6H2,1H3. The summed E-state index contributed by atoms with van der Waals surface area (Å²) in [4.78, 5) is 0. The Morgan fingerprint density at radius 3 is 2.88 bits per heavy atom. The van der Waals surface area contributed by atoms with Gasteiger partial charge in [0, 0.05) is 0 Å². The van der Waals surface area contributed by atoms with Gasteiger partial charge in [-0.1, -0.05) is 29.8 Å². The van der Waals surface area contributed by atoms with Crippen LogP contribution in [-0.4, -0.2) is 5.11 Å². The van der Waals surface area contributed by atoms with Crippen LogP contribution in [0.25, 0.3) is 0 Å². The molecule has 2 aromatic rings. The van der Waals surface area contributed by atoms with Crippen LogP contribution in [0.4, 0.5) is 0 Å². The molecular weight excluding hydrogens is 216 g/mol. The number of aliphatic hydroxyl groups excluding tert-OH is 1. The summed E-state index contributed by atoms with van der Waals surface area (Å²) in [5.41, 5.74) is 3.62. The fourth-order valence-corrected chi connectivity index (χ4v) is 2.51. The zero-order valence-electron chi connectivity index (χ0n) is 9.39. The van der Waals surface area contributed by atoms with Gasteiger partial charge < -0.3 is 5.11 Å². The summed E-state index contributed by atoms with van der Waals surface area (Å²) in [7, 11) is 0. The minimum Gasteiger partial charge on any atom is -0.388 e. The molecule has 1 atom stereocenters. The smallest absolute Gasteiger partial charge is 0.0801 e. The Morgan fingerprint density at radius 1 is 1.31 bits per heavy atom. The lowest BCUT2D eigenvalue weighted by molar-refractivity contribution is 0.168. The summed E-state index contributed by atoms with van der Waals surface area (Å²) in [5.74, 6) is 0. The summed E-state index contributed by atoms with van der Waals surface area (Å²) in [5, 5.41) is 14.0. The SMILES string of the molecule is Cc1cccc(CCC(O)c2ccsc2)c1. The monoisotopic (exact) mass is 232 g/mol. The van der Waals surface area contributed by atoms with Gasteiger partial charge in [-0.05, 0) is 47.7 Å². The predicted molar refractivity (Wildman–Crippen MR) is 68.8 cm³/mol. The van der Waals surface area contributed by atoms with Gasteiger partial charge in [-0.25, -0.2) is 0 Å². The van der Waals surface area contributed by atoms with Crippen molar-refractivity contribution in [3.8, 4) is 0 Å². The molecule has 0 aliphatic rings. The van der Waals surface area contributed by atoms with Crippen LogP contribution in [0.3, 0.4) is 0 Å². The summed E-state index contributed by atoms with van der Waals surface area (Å²) < 4.78 is 0. The average Bonchev–Trinajstić information content (AvgIpc) is 2.79. The van der Waals surface area contributed by atoms with E-state index in [2.05, 4.69) is 31.2 Å². The van der Waals surface area contributed by atoms with E-state index in [0.717, 1.165) is 18.4 Å². The van der Waals surface area contributed by atoms with Gasteiger partial charge >= 0.3 is 0 Å². The van der Waals surface area contributed by atoms with Gasteiger partial charge in [-0.3, -0.25) is 0 Å². The molecule has 1 aromatic heterocycles. The topological polar surface area (TPSA) is 20.2 Å². The maximum atomic E-state index is 9.95. The highest BCUT2D eigenvalue weighted by Crippen LogP contribution is 2.21. The number of hydrogen-bond donors (Lipinski definition) is 1. The molecule has 0 aliphatic carbocycles. The second-order valence-corrected chi connectivity index (χ2v) is 4.88. The molecule has 2 rings (SSSR count). The van der Waals surface area contributed by atoms with Crippen molar-refractivity contribution in [2.24, 2.45) is 0 Å². The molecule has 2 heteroatoms. The van der Waals surface area contributed by atoms with Crippen LogP contribution in [-0.2, 0) is 6.42 Å². The van der Waals surface area contributed by atoms with Gasteiger partial charge in [-0.2, -0.15) is 11.3 Å². The summed E-state index contributed by atoms with van der Waals surface area (Å²) in [6, 6.07) is 10.5. The van der Waals surface area contributed by atoms with Gasteiger partial charge in [0.1, 0.15) is 0 Å². The molecule has 1 nitrogen and oxygen atoms in total. The molecule has 1 unspecified atom stereocenters. The van der Waals surface area contributed by atoms with Gasteiger partial charge in [0.15, 0.2) is 0 Å². The first-order valence-electron chi connectivity index (χ1n) is 5.51. The Balaban J connectivity index is 1.92. The van der Waals surface area contributed by atoms with E-state index in [4.69, 9.17) is 0 Å². The van der Waals surface area contributed by atoms with Crippen LogP contribution < -0.4 is 0 Å². The number of aryl methyl sites for hydroxylation is 2. The fourth-order valence-electron chi connectivity index (χ4n) is 1.80. The van der Waals surface area contributed by atoms with Crippen molar-refractivity contribution in [3.05, 3.63) is 57.8 Å². The summed E-state index contributed by atoms with van der Waals surface area (Å²) >= 11 is 1.63. The Bertz CT molecular complexity index is 434. The molecule has 0 radical (unpaired) electrons. The van der Waals surface area contributed by atoms with Crippen molar-refractivity contribution >= 4 is 11.3 Å². The maximum Gasteiger partial charge on any atom is 0.0801 e. The molecule has 0 saturated heterocycles. The Hall–Kier alpha value is -1.12. The maximum absolute atomic E-state index is 9.95. The van der Waals surface area contributed by atoms with Crippen molar-refractivity contribution in [1.82, 2.24) is 0 Å². The average molecular weight is 232 g/mol. The minimum absolute atomic E-state index is 0.327. The lowest BCUT2D eigenvalue weighted by Gasteiger charge is -2.09. The second-order valence-electron chi connectivity index (χ2n) is 4.10. The summed E-state index contributed by atoms with van der Waals surface area (Å²) in [6.07, 6.45) is 1.39. The lowest BCUT2D eigenvalue weighted by Crippen LogP contribution is -1.98. The first-order chi connectivity index (χ1) is 7.75. The zero-order chi connectivity index (χ0) is 11.4. The zero-order valence-corrected chi connectivity index (χ0v) is 10.2. The number of hydrogen-bond acceptors (Lipinski definition) is 2. The van der Waals surface area contributed by atoms with E-state index < -0.39 is 0 Å². The molecule has 16 heavy (non-hydrogen) atoms.